The van der Waals surface area contributed by atoms with Crippen LogP contribution in [-0.4, -0.2) is 12.5 Å². The van der Waals surface area contributed by atoms with Gasteiger partial charge in [0.25, 0.3) is 0 Å². The number of amides is 1. The lowest BCUT2D eigenvalue weighted by Gasteiger charge is -2.18. The van der Waals surface area contributed by atoms with Crippen molar-refractivity contribution in [3.63, 3.8) is 0 Å². The Bertz CT molecular complexity index is 598. The van der Waals surface area contributed by atoms with Gasteiger partial charge in [-0.05, 0) is 42.1 Å². The molecule has 0 saturated carbocycles. The molecule has 0 bridgehead atoms. The van der Waals surface area contributed by atoms with Crippen molar-refractivity contribution in [1.29, 1.82) is 0 Å². The molecule has 2 atom stereocenters. The number of hydrogen-bond donors (Lipinski definition) is 2. The molecule has 0 spiro atoms. The molecule has 2 aromatic carbocycles. The van der Waals surface area contributed by atoms with Crippen LogP contribution in [-0.2, 0) is 4.79 Å². The minimum absolute atomic E-state index is 0.329. The first kappa shape index (κ1) is 16.2. The van der Waals surface area contributed by atoms with Gasteiger partial charge in [-0.3, -0.25) is 4.79 Å². The van der Waals surface area contributed by atoms with Gasteiger partial charge in [-0.1, -0.05) is 49.4 Å². The summed E-state index contributed by atoms with van der Waals surface area (Å²) >= 11 is 0. The quantitative estimate of drug-likeness (QED) is 0.825. The summed E-state index contributed by atoms with van der Waals surface area (Å²) in [5, 5.41) is 3.16. The normalized spacial score (nSPS) is 13.5. The Labute approximate surface area is 130 Å². The molecule has 0 heterocycles. The molecule has 116 valence electrons. The van der Waals surface area contributed by atoms with E-state index in [0.717, 1.165) is 6.42 Å². The Kier molecular flexibility index (Phi) is 5.67. The van der Waals surface area contributed by atoms with Crippen LogP contribution >= 0.6 is 0 Å². The highest BCUT2D eigenvalue weighted by Crippen LogP contribution is 2.19. The summed E-state index contributed by atoms with van der Waals surface area (Å²) in [5.74, 6) is -0.404. The number of rotatable bonds is 7. The van der Waals surface area contributed by atoms with Crippen LogP contribution in [0.5, 0.6) is 0 Å². The Balaban J connectivity index is 1.92. The van der Waals surface area contributed by atoms with E-state index in [1.54, 1.807) is 12.1 Å². The van der Waals surface area contributed by atoms with E-state index in [1.165, 1.54) is 17.7 Å². The second-order valence-electron chi connectivity index (χ2n) is 5.44. The van der Waals surface area contributed by atoms with Crippen molar-refractivity contribution in [2.45, 2.75) is 25.3 Å². The Hall–Kier alpha value is -2.20. The van der Waals surface area contributed by atoms with E-state index in [-0.39, 0.29) is 5.82 Å². The first-order valence-electron chi connectivity index (χ1n) is 7.41. The maximum Gasteiger partial charge on any atom is 0.239 e. The van der Waals surface area contributed by atoms with Gasteiger partial charge in [-0.25, -0.2) is 4.39 Å². The number of carbonyl (C=O) groups excluding carboxylic acids is 1. The second-order valence-corrected chi connectivity index (χ2v) is 5.44. The molecule has 3 nitrogen and oxygen atoms in total. The van der Waals surface area contributed by atoms with Crippen molar-refractivity contribution in [1.82, 2.24) is 5.32 Å². The predicted octanol–water partition coefficient (Wildman–Crippen LogP) is 3.14. The number of carbonyl (C=O) groups is 1. The largest absolute Gasteiger partial charge is 0.368 e. The van der Waals surface area contributed by atoms with Gasteiger partial charge in [0.2, 0.25) is 5.91 Å². The summed E-state index contributed by atoms with van der Waals surface area (Å²) < 4.78 is 13.0. The van der Waals surface area contributed by atoms with E-state index in [9.17, 15) is 9.18 Å². The topological polar surface area (TPSA) is 55.1 Å². The Morgan fingerprint density at radius 2 is 1.73 bits per heavy atom. The molecule has 3 N–H and O–H groups in total. The molecule has 0 fully saturated rings. The molecule has 1 amide bonds. The van der Waals surface area contributed by atoms with Gasteiger partial charge >= 0.3 is 0 Å². The SMILES string of the molecule is CC(CCNC(C(N)=O)c1ccc(F)cc1)c1ccccc1. The van der Waals surface area contributed by atoms with Gasteiger partial charge in [0.15, 0.2) is 0 Å². The van der Waals surface area contributed by atoms with Gasteiger partial charge < -0.3 is 11.1 Å². The van der Waals surface area contributed by atoms with Gasteiger partial charge in [0.1, 0.15) is 11.9 Å². The molecule has 0 saturated heterocycles. The van der Waals surface area contributed by atoms with Crippen molar-refractivity contribution >= 4 is 5.91 Å². The number of benzene rings is 2. The average molecular weight is 300 g/mol. The number of primary amides is 1. The highest BCUT2D eigenvalue weighted by Gasteiger charge is 2.17. The molecule has 0 aliphatic rings. The molecule has 0 radical (unpaired) electrons. The Morgan fingerprint density at radius 3 is 2.32 bits per heavy atom. The number of hydrogen-bond acceptors (Lipinski definition) is 2. The first-order chi connectivity index (χ1) is 10.6. The molecular formula is C18H21FN2O. The summed E-state index contributed by atoms with van der Waals surface area (Å²) in [6, 6.07) is 15.5. The molecular weight excluding hydrogens is 279 g/mol. The lowest BCUT2D eigenvalue weighted by Crippen LogP contribution is -2.34. The third-order valence-corrected chi connectivity index (χ3v) is 3.78. The van der Waals surface area contributed by atoms with E-state index in [4.69, 9.17) is 5.73 Å². The molecule has 22 heavy (non-hydrogen) atoms. The fourth-order valence-corrected chi connectivity index (χ4v) is 2.43. The predicted molar refractivity (Wildman–Crippen MR) is 85.8 cm³/mol. The van der Waals surface area contributed by atoms with Crippen LogP contribution in [0.15, 0.2) is 54.6 Å². The summed E-state index contributed by atoms with van der Waals surface area (Å²) in [4.78, 5) is 11.6. The van der Waals surface area contributed by atoms with Crippen LogP contribution in [0, 0.1) is 5.82 Å². The molecule has 2 unspecified atom stereocenters. The van der Waals surface area contributed by atoms with Crippen LogP contribution in [0.25, 0.3) is 0 Å². The van der Waals surface area contributed by atoms with E-state index in [2.05, 4.69) is 24.4 Å². The number of nitrogens with one attached hydrogen (secondary N) is 1. The lowest BCUT2D eigenvalue weighted by atomic mass is 9.97. The average Bonchev–Trinajstić information content (AvgIpc) is 2.53. The third kappa shape index (κ3) is 4.40. The highest BCUT2D eigenvalue weighted by atomic mass is 19.1. The van der Waals surface area contributed by atoms with Crippen molar-refractivity contribution in [2.75, 3.05) is 6.54 Å². The first-order valence-corrected chi connectivity index (χ1v) is 7.41. The summed E-state index contributed by atoms with van der Waals surface area (Å²) in [6.07, 6.45) is 0.884. The maximum atomic E-state index is 13.0. The lowest BCUT2D eigenvalue weighted by molar-refractivity contribution is -0.120. The van der Waals surface area contributed by atoms with Gasteiger partial charge in [0.05, 0.1) is 0 Å². The maximum absolute atomic E-state index is 13.0. The van der Waals surface area contributed by atoms with Crippen LogP contribution in [0.1, 0.15) is 36.4 Å². The van der Waals surface area contributed by atoms with Crippen molar-refractivity contribution in [3.8, 4) is 0 Å². The standard InChI is InChI=1S/C18H21FN2O/c1-13(14-5-3-2-4-6-14)11-12-21-17(18(20)22)15-7-9-16(19)10-8-15/h2-10,13,17,21H,11-12H2,1H3,(H2,20,22). The number of halogens is 1. The second kappa shape index (κ2) is 7.71. The highest BCUT2D eigenvalue weighted by molar-refractivity contribution is 5.81. The monoisotopic (exact) mass is 300 g/mol. The fourth-order valence-electron chi connectivity index (χ4n) is 2.43. The molecule has 0 aliphatic carbocycles. The van der Waals surface area contributed by atoms with Crippen LogP contribution < -0.4 is 11.1 Å². The van der Waals surface area contributed by atoms with Gasteiger partial charge in [-0.15, -0.1) is 0 Å². The Morgan fingerprint density at radius 1 is 1.09 bits per heavy atom. The van der Waals surface area contributed by atoms with Crippen LogP contribution in [0.3, 0.4) is 0 Å². The zero-order chi connectivity index (χ0) is 15.9. The van der Waals surface area contributed by atoms with Gasteiger partial charge in [0, 0.05) is 0 Å². The van der Waals surface area contributed by atoms with E-state index >= 15 is 0 Å². The van der Waals surface area contributed by atoms with E-state index in [1.807, 2.05) is 18.2 Å². The summed E-state index contributed by atoms with van der Waals surface area (Å²) in [6.45, 7) is 2.80. The van der Waals surface area contributed by atoms with Crippen molar-refractivity contribution in [2.24, 2.45) is 5.73 Å². The molecule has 2 rings (SSSR count). The molecule has 0 aromatic heterocycles. The van der Waals surface area contributed by atoms with Crippen molar-refractivity contribution < 1.29 is 9.18 Å². The van der Waals surface area contributed by atoms with Gasteiger partial charge in [-0.2, -0.15) is 0 Å². The fraction of sp³-hybridized carbons (Fsp3) is 0.278. The molecule has 4 heteroatoms. The van der Waals surface area contributed by atoms with Crippen LogP contribution in [0.4, 0.5) is 4.39 Å². The van der Waals surface area contributed by atoms with Crippen LogP contribution in [0.2, 0.25) is 0 Å². The minimum atomic E-state index is -0.594. The number of nitrogens with two attached hydrogens (primary N) is 1. The zero-order valence-corrected chi connectivity index (χ0v) is 12.6. The molecule has 0 aliphatic heterocycles. The summed E-state index contributed by atoms with van der Waals surface area (Å²) in [5.41, 5.74) is 7.39. The zero-order valence-electron chi connectivity index (χ0n) is 12.6. The minimum Gasteiger partial charge on any atom is -0.368 e. The smallest absolute Gasteiger partial charge is 0.239 e. The van der Waals surface area contributed by atoms with E-state index < -0.39 is 11.9 Å². The van der Waals surface area contributed by atoms with E-state index in [0.29, 0.717) is 18.0 Å². The summed E-state index contributed by atoms with van der Waals surface area (Å²) in [7, 11) is 0. The molecule has 2 aromatic rings. The van der Waals surface area contributed by atoms with Crippen molar-refractivity contribution in [3.05, 3.63) is 71.5 Å². The third-order valence-electron chi connectivity index (χ3n) is 3.78.